The van der Waals surface area contributed by atoms with Crippen LogP contribution in [0.4, 0.5) is 11.6 Å². The number of rotatable bonds is 11. The Bertz CT molecular complexity index is 901. The van der Waals surface area contributed by atoms with Crippen LogP contribution >= 0.6 is 0 Å². The van der Waals surface area contributed by atoms with Crippen molar-refractivity contribution in [2.24, 2.45) is 0 Å². The lowest BCUT2D eigenvalue weighted by Gasteiger charge is -2.29. The van der Waals surface area contributed by atoms with Crippen molar-refractivity contribution in [1.82, 2.24) is 30.0 Å². The molecular formula is C24H41N7O3Si. The molecule has 4 heterocycles. The highest BCUT2D eigenvalue weighted by molar-refractivity contribution is 6.76. The first kappa shape index (κ1) is 26.2. The van der Waals surface area contributed by atoms with Crippen LogP contribution in [0.15, 0.2) is 24.7 Å². The highest BCUT2D eigenvalue weighted by Crippen LogP contribution is 2.17. The minimum atomic E-state index is -1.08. The first-order valence-corrected chi connectivity index (χ1v) is 16.5. The van der Waals surface area contributed by atoms with Gasteiger partial charge in [-0.3, -0.25) is 9.88 Å². The summed E-state index contributed by atoms with van der Waals surface area (Å²) >= 11 is 0. The van der Waals surface area contributed by atoms with E-state index >= 15 is 0 Å². The van der Waals surface area contributed by atoms with E-state index in [-0.39, 0.29) is 12.4 Å². The average Bonchev–Trinajstić information content (AvgIpc) is 3.15. The maximum atomic E-state index is 6.24. The highest BCUT2D eigenvalue weighted by atomic mass is 28.3. The summed E-state index contributed by atoms with van der Waals surface area (Å²) < 4.78 is 19.6. The molecule has 194 valence electrons. The standard InChI is InChI=1S/C24H41N7O3Si/c1-35(2,3)13-12-32-19-31-9-7-22(29-31)28-23-16-26-14-20(27-23)17-30-10-8-25-15-21(18-30)34-24-6-4-5-11-33-24/h7,9,14,16,21,24-25H,4-6,8,10-13,15,17-19H2,1-3H3,(H,27,28,29). The molecule has 2 aromatic heterocycles. The first-order chi connectivity index (χ1) is 16.9. The van der Waals surface area contributed by atoms with E-state index in [1.165, 1.54) is 6.42 Å². The fourth-order valence-electron chi connectivity index (χ4n) is 4.15. The summed E-state index contributed by atoms with van der Waals surface area (Å²) in [5.41, 5.74) is 0.915. The first-order valence-electron chi connectivity index (χ1n) is 12.8. The molecule has 0 radical (unpaired) electrons. The van der Waals surface area contributed by atoms with E-state index in [4.69, 9.17) is 19.2 Å². The number of hydrogen-bond donors (Lipinski definition) is 2. The predicted molar refractivity (Wildman–Crippen MR) is 138 cm³/mol. The minimum absolute atomic E-state index is 0.0756. The van der Waals surface area contributed by atoms with Gasteiger partial charge in [0.15, 0.2) is 12.1 Å². The van der Waals surface area contributed by atoms with E-state index in [0.29, 0.717) is 12.5 Å². The van der Waals surface area contributed by atoms with Gasteiger partial charge in [0.2, 0.25) is 0 Å². The van der Waals surface area contributed by atoms with Gasteiger partial charge < -0.3 is 24.8 Å². The Hall–Kier alpha value is -1.89. The zero-order chi connectivity index (χ0) is 24.5. The molecule has 35 heavy (non-hydrogen) atoms. The fourth-order valence-corrected chi connectivity index (χ4v) is 4.91. The van der Waals surface area contributed by atoms with Gasteiger partial charge in [0.1, 0.15) is 12.5 Å². The molecule has 2 atom stereocenters. The summed E-state index contributed by atoms with van der Waals surface area (Å²) in [5.74, 6) is 1.41. The van der Waals surface area contributed by atoms with Gasteiger partial charge >= 0.3 is 0 Å². The van der Waals surface area contributed by atoms with Crippen molar-refractivity contribution in [2.75, 3.05) is 44.7 Å². The molecule has 2 aliphatic heterocycles. The van der Waals surface area contributed by atoms with Crippen molar-refractivity contribution < 1.29 is 14.2 Å². The number of aromatic nitrogens is 4. The van der Waals surface area contributed by atoms with Crippen molar-refractivity contribution in [2.45, 2.75) is 70.6 Å². The molecule has 10 nitrogen and oxygen atoms in total. The molecule has 11 heteroatoms. The zero-order valence-corrected chi connectivity index (χ0v) is 22.4. The molecule has 0 amide bonds. The lowest BCUT2D eigenvalue weighted by Crippen LogP contribution is -2.38. The Balaban J connectivity index is 1.26. The minimum Gasteiger partial charge on any atom is -0.360 e. The number of hydrogen-bond acceptors (Lipinski definition) is 9. The van der Waals surface area contributed by atoms with Crippen LogP contribution in [0.2, 0.25) is 25.7 Å². The monoisotopic (exact) mass is 503 g/mol. The SMILES string of the molecule is C[Si](C)(C)CCOCn1ccc(Nc2cncc(CN3CCNCC(OC4CCCCO4)C3)n2)n1. The van der Waals surface area contributed by atoms with Crippen molar-refractivity contribution in [3.8, 4) is 0 Å². The van der Waals surface area contributed by atoms with Crippen LogP contribution in [-0.2, 0) is 27.5 Å². The second-order valence-corrected chi connectivity index (χ2v) is 16.2. The molecule has 0 saturated carbocycles. The third kappa shape index (κ3) is 9.24. The predicted octanol–water partition coefficient (Wildman–Crippen LogP) is 3.05. The second-order valence-electron chi connectivity index (χ2n) is 10.6. The van der Waals surface area contributed by atoms with Gasteiger partial charge in [-0.2, -0.15) is 5.10 Å². The normalized spacial score (nSPS) is 22.1. The van der Waals surface area contributed by atoms with Gasteiger partial charge in [0, 0.05) is 72.5 Å². The second kappa shape index (κ2) is 12.9. The Labute approximate surface area is 209 Å². The average molecular weight is 504 g/mol. The Morgan fingerprint density at radius 3 is 2.97 bits per heavy atom. The van der Waals surface area contributed by atoms with Gasteiger partial charge in [-0.25, -0.2) is 9.67 Å². The molecule has 0 bridgehead atoms. The summed E-state index contributed by atoms with van der Waals surface area (Å²) in [7, 11) is -1.08. The quantitative estimate of drug-likeness (QED) is 0.354. The van der Waals surface area contributed by atoms with Crippen LogP contribution in [0.3, 0.4) is 0 Å². The molecule has 2 saturated heterocycles. The van der Waals surface area contributed by atoms with E-state index in [1.54, 1.807) is 10.9 Å². The van der Waals surface area contributed by atoms with Gasteiger partial charge in [-0.15, -0.1) is 0 Å². The molecule has 4 rings (SSSR count). The summed E-state index contributed by atoms with van der Waals surface area (Å²) in [4.78, 5) is 11.5. The van der Waals surface area contributed by atoms with E-state index in [1.807, 2.05) is 18.5 Å². The molecule has 0 spiro atoms. The third-order valence-corrected chi connectivity index (χ3v) is 7.81. The Kier molecular flexibility index (Phi) is 9.64. The molecule has 2 fully saturated rings. The number of nitrogens with one attached hydrogen (secondary N) is 2. The zero-order valence-electron chi connectivity index (χ0n) is 21.4. The highest BCUT2D eigenvalue weighted by Gasteiger charge is 2.24. The lowest BCUT2D eigenvalue weighted by atomic mass is 10.2. The summed E-state index contributed by atoms with van der Waals surface area (Å²) in [6.45, 7) is 13.3. The van der Waals surface area contributed by atoms with Crippen LogP contribution in [0.25, 0.3) is 0 Å². The lowest BCUT2D eigenvalue weighted by molar-refractivity contribution is -0.188. The van der Waals surface area contributed by atoms with Crippen molar-refractivity contribution in [3.05, 3.63) is 30.4 Å². The van der Waals surface area contributed by atoms with Crippen LogP contribution in [0.5, 0.6) is 0 Å². The fraction of sp³-hybridized carbons (Fsp3) is 0.708. The Morgan fingerprint density at radius 2 is 2.14 bits per heavy atom. The van der Waals surface area contributed by atoms with Crippen molar-refractivity contribution >= 4 is 19.7 Å². The maximum absolute atomic E-state index is 6.24. The summed E-state index contributed by atoms with van der Waals surface area (Å²) in [6.07, 6.45) is 8.78. The third-order valence-electron chi connectivity index (χ3n) is 6.11. The van der Waals surface area contributed by atoms with Crippen LogP contribution in [-0.4, -0.2) is 84.5 Å². The van der Waals surface area contributed by atoms with Gasteiger partial charge in [-0.05, 0) is 25.3 Å². The topological polar surface area (TPSA) is 98.6 Å². The Morgan fingerprint density at radius 1 is 1.23 bits per heavy atom. The summed E-state index contributed by atoms with van der Waals surface area (Å²) in [5, 5.41) is 11.3. The van der Waals surface area contributed by atoms with E-state index in [9.17, 15) is 0 Å². The number of ether oxygens (including phenoxy) is 3. The molecule has 2 aromatic rings. The number of nitrogens with zero attached hydrogens (tertiary/aromatic N) is 5. The maximum Gasteiger partial charge on any atom is 0.158 e. The van der Waals surface area contributed by atoms with Crippen LogP contribution in [0, 0.1) is 0 Å². The molecule has 2 aliphatic rings. The van der Waals surface area contributed by atoms with Crippen molar-refractivity contribution in [1.29, 1.82) is 0 Å². The van der Waals surface area contributed by atoms with Gasteiger partial charge in [0.05, 0.1) is 18.0 Å². The molecular weight excluding hydrogens is 462 g/mol. The van der Waals surface area contributed by atoms with Gasteiger partial charge in [0.25, 0.3) is 0 Å². The summed E-state index contributed by atoms with van der Waals surface area (Å²) in [6, 6.07) is 3.07. The smallest absolute Gasteiger partial charge is 0.158 e. The largest absolute Gasteiger partial charge is 0.360 e. The van der Waals surface area contributed by atoms with Gasteiger partial charge in [-0.1, -0.05) is 19.6 Å². The number of anilines is 2. The molecule has 2 N–H and O–H groups in total. The van der Waals surface area contributed by atoms with Crippen LogP contribution in [0.1, 0.15) is 25.0 Å². The molecule has 0 aliphatic carbocycles. The van der Waals surface area contributed by atoms with Crippen LogP contribution < -0.4 is 10.6 Å². The molecule has 0 aromatic carbocycles. The van der Waals surface area contributed by atoms with E-state index < -0.39 is 8.07 Å². The van der Waals surface area contributed by atoms with E-state index in [0.717, 1.165) is 76.3 Å². The van der Waals surface area contributed by atoms with Crippen molar-refractivity contribution in [3.63, 3.8) is 0 Å². The van der Waals surface area contributed by atoms with E-state index in [2.05, 4.69) is 45.3 Å². The molecule has 2 unspecified atom stereocenters.